The minimum atomic E-state index is -1.94. The van der Waals surface area contributed by atoms with E-state index in [9.17, 15) is 0 Å². The Balaban J connectivity index is 1.96. The van der Waals surface area contributed by atoms with Crippen LogP contribution in [-0.2, 0) is 17.9 Å². The van der Waals surface area contributed by atoms with Gasteiger partial charge in [0.15, 0.2) is 0 Å². The topological polar surface area (TPSA) is 0 Å². The van der Waals surface area contributed by atoms with E-state index in [1.165, 1.54) is 39.5 Å². The first-order valence-corrected chi connectivity index (χ1v) is 11.5. The maximum atomic E-state index is 4.54. The van der Waals surface area contributed by atoms with Gasteiger partial charge in [-0.15, -0.1) is 0 Å². The molecule has 2 aromatic rings. The zero-order valence-corrected chi connectivity index (χ0v) is 17.0. The average molecular weight is 371 g/mol. The van der Waals surface area contributed by atoms with Crippen LogP contribution in [-0.4, -0.2) is 0 Å². The van der Waals surface area contributed by atoms with Crippen LogP contribution < -0.4 is 7.74 Å². The van der Waals surface area contributed by atoms with Gasteiger partial charge >= 0.3 is 163 Å². The predicted molar refractivity (Wildman–Crippen MR) is 109 cm³/mol. The van der Waals surface area contributed by atoms with Gasteiger partial charge in [-0.2, -0.15) is 0 Å². The molecule has 2 aliphatic carbocycles. The monoisotopic (exact) mass is 371 g/mol. The van der Waals surface area contributed by atoms with Crippen molar-refractivity contribution < 1.29 is 17.9 Å². The van der Waals surface area contributed by atoms with Gasteiger partial charge in [-0.1, -0.05) is 0 Å². The molecular formula is C25H23Ti. The molecule has 0 saturated heterocycles. The molecule has 0 radical (unpaired) electrons. The molecule has 0 amide bonds. The summed E-state index contributed by atoms with van der Waals surface area (Å²) < 4.78 is 4.51. The van der Waals surface area contributed by atoms with Gasteiger partial charge < -0.3 is 0 Å². The summed E-state index contributed by atoms with van der Waals surface area (Å²) in [6, 6.07) is 22.2. The molecule has 2 aromatic carbocycles. The number of hydrogen-bond acceptors (Lipinski definition) is 0. The zero-order valence-electron chi connectivity index (χ0n) is 15.4. The Bertz CT molecular complexity index is 930. The Kier molecular flexibility index (Phi) is 4.80. The second kappa shape index (κ2) is 7.23. The normalized spacial score (nSPS) is 16.5. The molecule has 4 rings (SSSR count). The summed E-state index contributed by atoms with van der Waals surface area (Å²) in [7, 11) is 0. The maximum absolute atomic E-state index is 4.54. The van der Waals surface area contributed by atoms with E-state index in [-0.39, 0.29) is 0 Å². The van der Waals surface area contributed by atoms with Gasteiger partial charge in [0.2, 0.25) is 0 Å². The number of benzene rings is 2. The third-order valence-electron chi connectivity index (χ3n) is 5.41. The van der Waals surface area contributed by atoms with E-state index >= 15 is 0 Å². The van der Waals surface area contributed by atoms with Gasteiger partial charge in [-0.3, -0.25) is 0 Å². The Morgan fingerprint density at radius 3 is 1.88 bits per heavy atom. The van der Waals surface area contributed by atoms with Gasteiger partial charge in [0.25, 0.3) is 0 Å². The van der Waals surface area contributed by atoms with Crippen molar-refractivity contribution in [3.05, 3.63) is 117 Å². The van der Waals surface area contributed by atoms with E-state index in [2.05, 4.69) is 99.3 Å². The van der Waals surface area contributed by atoms with Crippen molar-refractivity contribution in [1.29, 1.82) is 0 Å². The van der Waals surface area contributed by atoms with Crippen LogP contribution in [0.2, 0.25) is 0 Å². The molecule has 0 nitrogen and oxygen atoms in total. The van der Waals surface area contributed by atoms with Crippen LogP contribution in [0.5, 0.6) is 0 Å². The second-order valence-electron chi connectivity index (χ2n) is 6.91. The van der Waals surface area contributed by atoms with Crippen molar-refractivity contribution in [3.8, 4) is 0 Å². The third kappa shape index (κ3) is 2.94. The van der Waals surface area contributed by atoms with Gasteiger partial charge in [0.1, 0.15) is 0 Å². The second-order valence-corrected chi connectivity index (χ2v) is 10.7. The average Bonchev–Trinajstić information content (AvgIpc) is 3.28. The summed E-state index contributed by atoms with van der Waals surface area (Å²) in [5.41, 5.74) is 6.96. The summed E-state index contributed by atoms with van der Waals surface area (Å²) in [6.07, 6.45) is 7.77. The molecule has 0 saturated carbocycles. The van der Waals surface area contributed by atoms with Gasteiger partial charge in [-0.25, -0.2) is 0 Å². The first kappa shape index (κ1) is 17.3. The molecule has 0 atom stereocenters. The molecule has 0 bridgehead atoms. The summed E-state index contributed by atoms with van der Waals surface area (Å²) in [5.74, 6) is 0. The molecule has 0 heterocycles. The van der Waals surface area contributed by atoms with E-state index in [4.69, 9.17) is 0 Å². The Morgan fingerprint density at radius 1 is 0.808 bits per heavy atom. The molecule has 0 spiro atoms. The van der Waals surface area contributed by atoms with Crippen LogP contribution in [0.3, 0.4) is 0 Å². The molecule has 0 fully saturated rings. The third-order valence-corrected chi connectivity index (χ3v) is 9.90. The van der Waals surface area contributed by atoms with E-state index < -0.39 is 17.9 Å². The molecule has 1 heteroatoms. The molecule has 127 valence electrons. The fourth-order valence-corrected chi connectivity index (χ4v) is 8.68. The van der Waals surface area contributed by atoms with Crippen molar-refractivity contribution >= 4 is 7.74 Å². The predicted octanol–water partition coefficient (Wildman–Crippen LogP) is 5.30. The van der Waals surface area contributed by atoms with Crippen molar-refractivity contribution in [2.24, 2.45) is 0 Å². The SMILES string of the molecule is C=C1C(C)=C(C)C(C2=CC=CC2)=[C]1[Ti]([c]1ccccc1)[c]1ccccc1. The summed E-state index contributed by atoms with van der Waals surface area (Å²) >= 11 is -1.94. The van der Waals surface area contributed by atoms with Gasteiger partial charge in [-0.05, 0) is 0 Å². The molecule has 0 N–H and O–H groups in total. The van der Waals surface area contributed by atoms with E-state index in [0.717, 1.165) is 6.42 Å². The number of hydrogen-bond donors (Lipinski definition) is 0. The van der Waals surface area contributed by atoms with Crippen molar-refractivity contribution in [2.45, 2.75) is 20.3 Å². The van der Waals surface area contributed by atoms with Crippen LogP contribution in [0, 0.1) is 0 Å². The molecule has 0 aliphatic heterocycles. The number of rotatable bonds is 4. The molecule has 0 unspecified atom stereocenters. The zero-order chi connectivity index (χ0) is 18.1. The minimum absolute atomic E-state index is 1.03. The fraction of sp³-hybridized carbons (Fsp3) is 0.120. The van der Waals surface area contributed by atoms with Crippen LogP contribution in [0.15, 0.2) is 117 Å². The van der Waals surface area contributed by atoms with E-state index in [1.807, 2.05) is 0 Å². The Morgan fingerprint density at radius 2 is 1.38 bits per heavy atom. The van der Waals surface area contributed by atoms with Gasteiger partial charge in [0.05, 0.1) is 0 Å². The van der Waals surface area contributed by atoms with Crippen molar-refractivity contribution in [1.82, 2.24) is 0 Å². The van der Waals surface area contributed by atoms with Crippen LogP contribution in [0.1, 0.15) is 20.3 Å². The summed E-state index contributed by atoms with van der Waals surface area (Å²) in [5, 5.41) is 0. The van der Waals surface area contributed by atoms with Crippen LogP contribution in [0.4, 0.5) is 0 Å². The Hall–Kier alpha value is -2.15. The Labute approximate surface area is 162 Å². The first-order chi connectivity index (χ1) is 12.7. The molecule has 2 aliphatic rings. The molecule has 26 heavy (non-hydrogen) atoms. The van der Waals surface area contributed by atoms with Crippen LogP contribution >= 0.6 is 0 Å². The van der Waals surface area contributed by atoms with Gasteiger partial charge in [0, 0.05) is 0 Å². The fourth-order valence-electron chi connectivity index (χ4n) is 3.91. The number of allylic oxidation sites excluding steroid dienone is 9. The van der Waals surface area contributed by atoms with E-state index in [0.29, 0.717) is 0 Å². The quantitative estimate of drug-likeness (QED) is 0.640. The standard InChI is InChI=1S/C13H13.2C6H5.Ti/c1-9-8-13(11(3)10(9)2)12-6-4-5-7-12;2*1-2-4-6-5-3-1;/h4-6H,1,7H2,2-3H3;2*1-5H;. The van der Waals surface area contributed by atoms with Crippen molar-refractivity contribution in [2.75, 3.05) is 0 Å². The summed E-state index contributed by atoms with van der Waals surface area (Å²) in [4.78, 5) is 0. The van der Waals surface area contributed by atoms with Crippen LogP contribution in [0.25, 0.3) is 0 Å². The molecular weight excluding hydrogens is 348 g/mol. The molecule has 0 aromatic heterocycles. The van der Waals surface area contributed by atoms with E-state index in [1.54, 1.807) is 0 Å². The first-order valence-electron chi connectivity index (χ1n) is 9.14. The van der Waals surface area contributed by atoms with Crippen molar-refractivity contribution in [3.63, 3.8) is 0 Å². The summed E-state index contributed by atoms with van der Waals surface area (Å²) in [6.45, 7) is 9.05.